The molecule has 1 aliphatic rings. The van der Waals surface area contributed by atoms with Crippen molar-refractivity contribution in [2.45, 2.75) is 24.7 Å². The number of ketones is 2. The van der Waals surface area contributed by atoms with Crippen molar-refractivity contribution < 1.29 is 67.3 Å². The van der Waals surface area contributed by atoms with Gasteiger partial charge in [0.05, 0.1) is 80.9 Å². The third-order valence-electron chi connectivity index (χ3n) is 7.55. The van der Waals surface area contributed by atoms with Gasteiger partial charge in [0.1, 0.15) is 11.5 Å². The predicted molar refractivity (Wildman–Crippen MR) is 160 cm³/mol. The molecule has 2 aromatic rings. The average molecular weight is 645 g/mol. The Morgan fingerprint density at radius 3 is 1.07 bits per heavy atom. The van der Waals surface area contributed by atoms with Crippen molar-refractivity contribution in [1.82, 2.24) is 0 Å². The highest BCUT2D eigenvalue weighted by Crippen LogP contribution is 2.48. The van der Waals surface area contributed by atoms with Crippen LogP contribution >= 0.6 is 0 Å². The van der Waals surface area contributed by atoms with Gasteiger partial charge < -0.3 is 48.1 Å². The summed E-state index contributed by atoms with van der Waals surface area (Å²) in [5.41, 5.74) is -0.953. The first-order chi connectivity index (χ1) is 22.0. The number of hydrogen-bond acceptors (Lipinski definition) is 14. The first-order valence-electron chi connectivity index (χ1n) is 13.7. The molecule has 46 heavy (non-hydrogen) atoms. The van der Waals surface area contributed by atoms with Gasteiger partial charge in [-0.3, -0.25) is 19.2 Å². The molecule has 0 saturated heterocycles. The van der Waals surface area contributed by atoms with E-state index < -0.39 is 70.8 Å². The van der Waals surface area contributed by atoms with Crippen LogP contribution in [0.15, 0.2) is 46.9 Å². The molecular weight excluding hydrogens is 608 g/mol. The summed E-state index contributed by atoms with van der Waals surface area (Å²) in [6.07, 6.45) is -1.11. The van der Waals surface area contributed by atoms with E-state index in [0.29, 0.717) is 0 Å². The largest absolute Gasteiger partial charge is 0.504 e. The van der Waals surface area contributed by atoms with Crippen LogP contribution in [0, 0.1) is 0 Å². The third-order valence-corrected chi connectivity index (χ3v) is 7.55. The fourth-order valence-corrected chi connectivity index (χ4v) is 5.25. The molecule has 0 radical (unpaired) electrons. The van der Waals surface area contributed by atoms with E-state index in [1.807, 2.05) is 0 Å². The van der Waals surface area contributed by atoms with E-state index in [0.717, 1.165) is 14.2 Å². The molecule has 2 N–H and O–H groups in total. The molecule has 0 heterocycles. The van der Waals surface area contributed by atoms with Crippen LogP contribution in [0.3, 0.4) is 0 Å². The van der Waals surface area contributed by atoms with Gasteiger partial charge in [0.2, 0.25) is 11.6 Å². The number of aliphatic hydroxyl groups excluding tert-OH is 2. The van der Waals surface area contributed by atoms with E-state index in [1.165, 1.54) is 66.9 Å². The summed E-state index contributed by atoms with van der Waals surface area (Å²) in [5.74, 6) is -7.80. The number of benzene rings is 2. The lowest BCUT2D eigenvalue weighted by molar-refractivity contribution is -0.142. The Balaban J connectivity index is 2.32. The molecule has 0 unspecified atom stereocenters. The summed E-state index contributed by atoms with van der Waals surface area (Å²) in [6, 6.07) is 5.69. The zero-order valence-corrected chi connectivity index (χ0v) is 26.7. The maximum Gasteiger partial charge on any atom is 0.306 e. The molecule has 0 aliphatic heterocycles. The SMILES string of the molecule is COC(=O)C[C@H](C1=C(O)C(=O)C([C@H](CC(=O)OC)c2cc(OC)c(OC)cc2OC)=C(O)C1=O)c1cc(OC)c(OC)cc1OC. The first kappa shape index (κ1) is 35.1. The lowest BCUT2D eigenvalue weighted by Crippen LogP contribution is -2.31. The molecule has 0 amide bonds. The quantitative estimate of drug-likeness (QED) is 0.225. The highest BCUT2D eigenvalue weighted by Gasteiger charge is 2.44. The van der Waals surface area contributed by atoms with Crippen molar-refractivity contribution in [3.63, 3.8) is 0 Å². The number of rotatable bonds is 14. The first-order valence-corrected chi connectivity index (χ1v) is 13.7. The van der Waals surface area contributed by atoms with Crippen molar-refractivity contribution in [3.8, 4) is 34.5 Å². The smallest absolute Gasteiger partial charge is 0.306 e. The van der Waals surface area contributed by atoms with Gasteiger partial charge in [-0.25, -0.2) is 0 Å². The summed E-state index contributed by atoms with van der Waals surface area (Å²) in [4.78, 5) is 53.2. The highest BCUT2D eigenvalue weighted by atomic mass is 16.5. The molecule has 248 valence electrons. The van der Waals surface area contributed by atoms with Gasteiger partial charge in [0, 0.05) is 35.1 Å². The second-order valence-corrected chi connectivity index (χ2v) is 9.75. The standard InChI is InChI=1S/C32H36O14/c1-39-19-13-23(43-5)21(41-3)9-15(19)17(11-25(33)45-7)27-29(35)31(37)28(32(38)30(27)36)18(12-26(34)46-8)16-10-22(42-4)24(44-6)14-20(16)40-2/h9-10,13-14,17-18,35,38H,11-12H2,1-8H3/t17-,18+. The lowest BCUT2D eigenvalue weighted by atomic mass is 9.75. The molecular formula is C32H36O14. The minimum absolute atomic E-state index is 0.111. The van der Waals surface area contributed by atoms with Crippen LogP contribution < -0.4 is 28.4 Å². The molecule has 2 aromatic carbocycles. The Labute approximate surface area is 265 Å². The summed E-state index contributed by atoms with van der Waals surface area (Å²) in [6.45, 7) is 0. The number of esters is 2. The van der Waals surface area contributed by atoms with E-state index in [1.54, 1.807) is 0 Å². The van der Waals surface area contributed by atoms with Gasteiger partial charge in [-0.1, -0.05) is 0 Å². The van der Waals surface area contributed by atoms with E-state index in [2.05, 4.69) is 0 Å². The Morgan fingerprint density at radius 2 is 0.804 bits per heavy atom. The Bertz CT molecular complexity index is 1470. The number of hydrogen-bond donors (Lipinski definition) is 2. The number of carbonyl (C=O) groups excluding carboxylic acids is 4. The van der Waals surface area contributed by atoms with E-state index in [4.69, 9.17) is 37.9 Å². The van der Waals surface area contributed by atoms with Crippen LogP contribution in [0.5, 0.6) is 34.5 Å². The molecule has 14 nitrogen and oxygen atoms in total. The minimum atomic E-state index is -1.38. The average Bonchev–Trinajstić information content (AvgIpc) is 3.08. The molecule has 0 fully saturated rings. The van der Waals surface area contributed by atoms with Crippen molar-refractivity contribution in [1.29, 1.82) is 0 Å². The fourth-order valence-electron chi connectivity index (χ4n) is 5.25. The molecule has 3 rings (SSSR count). The third kappa shape index (κ3) is 6.65. The van der Waals surface area contributed by atoms with E-state index >= 15 is 0 Å². The maximum absolute atomic E-state index is 14.0. The van der Waals surface area contributed by atoms with E-state index in [9.17, 15) is 29.4 Å². The zero-order chi connectivity index (χ0) is 34.3. The summed E-state index contributed by atoms with van der Waals surface area (Å²) in [7, 11) is 10.4. The monoisotopic (exact) mass is 644 g/mol. The second-order valence-electron chi connectivity index (χ2n) is 9.75. The van der Waals surface area contributed by atoms with E-state index in [-0.39, 0.29) is 45.6 Å². The van der Waals surface area contributed by atoms with Gasteiger partial charge >= 0.3 is 11.9 Å². The Hall–Kier alpha value is -5.40. The molecule has 14 heteroatoms. The summed E-state index contributed by atoms with van der Waals surface area (Å²) < 4.78 is 42.0. The number of aliphatic hydroxyl groups is 2. The van der Waals surface area contributed by atoms with Gasteiger partial charge in [0.25, 0.3) is 0 Å². The number of allylic oxidation sites excluding steroid dienone is 2. The predicted octanol–water partition coefficient (Wildman–Crippen LogP) is 3.51. The van der Waals surface area contributed by atoms with Crippen LogP contribution in [-0.2, 0) is 28.7 Å². The van der Waals surface area contributed by atoms with Crippen molar-refractivity contribution in [3.05, 3.63) is 58.1 Å². The highest BCUT2D eigenvalue weighted by molar-refractivity contribution is 6.24. The molecule has 2 atom stereocenters. The van der Waals surface area contributed by atoms with Crippen LogP contribution in [-0.4, -0.2) is 90.6 Å². The van der Waals surface area contributed by atoms with Crippen LogP contribution in [0.1, 0.15) is 35.8 Å². The number of ether oxygens (including phenoxy) is 8. The number of methoxy groups -OCH3 is 8. The zero-order valence-electron chi connectivity index (χ0n) is 26.7. The van der Waals surface area contributed by atoms with Crippen molar-refractivity contribution in [2.75, 3.05) is 56.9 Å². The molecule has 0 saturated carbocycles. The normalized spacial score (nSPS) is 14.3. The van der Waals surface area contributed by atoms with Gasteiger partial charge in [-0.05, 0) is 12.1 Å². The van der Waals surface area contributed by atoms with Crippen molar-refractivity contribution in [2.24, 2.45) is 0 Å². The molecule has 0 bridgehead atoms. The Kier molecular flexibility index (Phi) is 11.5. The number of carbonyl (C=O) groups is 4. The molecule has 0 aromatic heterocycles. The number of Topliss-reactive ketones (excluding diaryl/α,β-unsaturated/α-hetero) is 2. The minimum Gasteiger partial charge on any atom is -0.504 e. The maximum atomic E-state index is 14.0. The van der Waals surface area contributed by atoms with Crippen LogP contribution in [0.4, 0.5) is 0 Å². The van der Waals surface area contributed by atoms with Crippen molar-refractivity contribution >= 4 is 23.5 Å². The topological polar surface area (TPSA) is 183 Å². The van der Waals surface area contributed by atoms with Gasteiger partial charge in [-0.2, -0.15) is 0 Å². The molecule has 0 spiro atoms. The molecule has 1 aliphatic carbocycles. The van der Waals surface area contributed by atoms with Gasteiger partial charge in [0.15, 0.2) is 34.5 Å². The second kappa shape index (κ2) is 15.1. The lowest BCUT2D eigenvalue weighted by Gasteiger charge is -2.29. The van der Waals surface area contributed by atoms with Gasteiger partial charge in [-0.15, -0.1) is 0 Å². The van der Waals surface area contributed by atoms with Crippen LogP contribution in [0.2, 0.25) is 0 Å². The summed E-state index contributed by atoms with van der Waals surface area (Å²) in [5, 5.41) is 22.8. The fraction of sp³-hybridized carbons (Fsp3) is 0.375. The summed E-state index contributed by atoms with van der Waals surface area (Å²) >= 11 is 0. The van der Waals surface area contributed by atoms with Crippen LogP contribution in [0.25, 0.3) is 0 Å². The Morgan fingerprint density at radius 1 is 0.522 bits per heavy atom.